The first-order valence-corrected chi connectivity index (χ1v) is 12.2. The van der Waals surface area contributed by atoms with Gasteiger partial charge in [0.05, 0.1) is 22.4 Å². The highest BCUT2D eigenvalue weighted by molar-refractivity contribution is 7.73. The molecule has 1 unspecified atom stereocenters. The van der Waals surface area contributed by atoms with Crippen molar-refractivity contribution in [3.8, 4) is 0 Å². The Morgan fingerprint density at radius 2 is 1.97 bits per heavy atom. The molecule has 0 saturated carbocycles. The summed E-state index contributed by atoms with van der Waals surface area (Å²) in [5, 5.41) is 8.85. The van der Waals surface area contributed by atoms with Crippen LogP contribution >= 0.6 is 11.6 Å². The first-order chi connectivity index (χ1) is 16.8. The van der Waals surface area contributed by atoms with Gasteiger partial charge in [-0.2, -0.15) is 8.42 Å². The number of hydrogen-bond acceptors (Lipinski definition) is 8. The fraction of sp³-hybridized carbons (Fsp3) is 0.261. The maximum Gasteiger partial charge on any atom is 0.277 e. The fourth-order valence-electron chi connectivity index (χ4n) is 3.72. The van der Waals surface area contributed by atoms with Gasteiger partial charge in [0.2, 0.25) is 10.3 Å². The molecule has 2 amide bonds. The Morgan fingerprint density at radius 3 is 2.66 bits per heavy atom. The molecule has 1 fully saturated rings. The average molecular weight is 516 g/mol. The Bertz CT molecular complexity index is 1340. The van der Waals surface area contributed by atoms with Crippen LogP contribution in [0.1, 0.15) is 23.8 Å². The third-order valence-corrected chi connectivity index (χ3v) is 6.57. The van der Waals surface area contributed by atoms with Gasteiger partial charge in [0.25, 0.3) is 11.8 Å². The highest BCUT2D eigenvalue weighted by atomic mass is 35.5. The lowest BCUT2D eigenvalue weighted by molar-refractivity contribution is -0.114. The number of hydrogen-bond donors (Lipinski definition) is 3. The Hall–Kier alpha value is -3.38. The number of nitrogens with zero attached hydrogens (tertiary/aromatic N) is 2. The molecule has 12 heteroatoms. The van der Waals surface area contributed by atoms with Gasteiger partial charge in [-0.25, -0.2) is 9.97 Å². The molecule has 3 heterocycles. The largest absolute Gasteiger partial charge is 0.363 e. The number of halogens is 1. The molecule has 0 aromatic carbocycles. The minimum atomic E-state index is -2.59. The monoisotopic (exact) mass is 515 g/mol. The van der Waals surface area contributed by atoms with Gasteiger partial charge in [-0.3, -0.25) is 9.59 Å². The molecule has 0 bridgehead atoms. The topological polar surface area (TPSA) is 139 Å². The molecule has 2 atom stereocenters. The number of ether oxygens (including phenoxy) is 1. The number of aromatic nitrogens is 2. The van der Waals surface area contributed by atoms with Gasteiger partial charge >= 0.3 is 0 Å². The lowest BCUT2D eigenvalue weighted by Gasteiger charge is -2.27. The predicted octanol–water partition coefficient (Wildman–Crippen LogP) is 2.01. The van der Waals surface area contributed by atoms with Crippen molar-refractivity contribution < 1.29 is 22.7 Å². The number of anilines is 2. The van der Waals surface area contributed by atoms with Crippen LogP contribution in [0.4, 0.5) is 11.5 Å². The van der Waals surface area contributed by atoms with Crippen LogP contribution in [0.15, 0.2) is 60.0 Å². The SMILES string of the molecule is CC1=CC=C(C(=O)Nc2cccnc2C(=O)Nc2ccc(Cl)cn2)[C@H](OC2CCNC2)C1=S(=O)=O. The van der Waals surface area contributed by atoms with Crippen LogP contribution in [-0.4, -0.2) is 60.4 Å². The molecule has 1 aliphatic heterocycles. The first kappa shape index (κ1) is 24.7. The van der Waals surface area contributed by atoms with Crippen molar-refractivity contribution in [1.82, 2.24) is 15.3 Å². The summed E-state index contributed by atoms with van der Waals surface area (Å²) in [5.41, 5.74) is 0.691. The third kappa shape index (κ3) is 5.82. The average Bonchev–Trinajstić information content (AvgIpc) is 3.34. The van der Waals surface area contributed by atoms with Crippen LogP contribution in [0.5, 0.6) is 0 Å². The summed E-state index contributed by atoms with van der Waals surface area (Å²) < 4.78 is 30.1. The van der Waals surface area contributed by atoms with Gasteiger partial charge in [0, 0.05) is 18.9 Å². The Kier molecular flexibility index (Phi) is 7.71. The van der Waals surface area contributed by atoms with Crippen LogP contribution in [0, 0.1) is 0 Å². The summed E-state index contributed by atoms with van der Waals surface area (Å²) in [7, 11) is -2.59. The summed E-state index contributed by atoms with van der Waals surface area (Å²) in [6, 6.07) is 6.19. The Labute approximate surface area is 208 Å². The molecule has 35 heavy (non-hydrogen) atoms. The smallest absolute Gasteiger partial charge is 0.277 e. The number of pyridine rings is 2. The van der Waals surface area contributed by atoms with Crippen molar-refractivity contribution in [3.05, 3.63) is 70.7 Å². The normalized spacial score (nSPS) is 19.5. The van der Waals surface area contributed by atoms with Gasteiger partial charge in [-0.1, -0.05) is 23.8 Å². The summed E-state index contributed by atoms with van der Waals surface area (Å²) in [4.78, 5) is 34.2. The maximum atomic E-state index is 13.3. The van der Waals surface area contributed by atoms with E-state index < -0.39 is 28.2 Å². The molecule has 0 radical (unpaired) electrons. The van der Waals surface area contributed by atoms with E-state index in [1.165, 1.54) is 30.6 Å². The zero-order valence-electron chi connectivity index (χ0n) is 18.6. The first-order valence-electron chi connectivity index (χ1n) is 10.7. The van der Waals surface area contributed by atoms with Crippen molar-refractivity contribution in [3.63, 3.8) is 0 Å². The Balaban J connectivity index is 1.59. The molecule has 4 rings (SSSR count). The van der Waals surface area contributed by atoms with Crippen molar-refractivity contribution in [1.29, 1.82) is 0 Å². The van der Waals surface area contributed by atoms with Crippen LogP contribution in [0.25, 0.3) is 0 Å². The number of amides is 2. The highest BCUT2D eigenvalue weighted by Gasteiger charge is 2.34. The second-order valence-corrected chi connectivity index (χ2v) is 9.22. The number of carbonyl (C=O) groups excluding carboxylic acids is 2. The molecule has 2 aliphatic rings. The predicted molar refractivity (Wildman–Crippen MR) is 132 cm³/mol. The van der Waals surface area contributed by atoms with Crippen molar-refractivity contribution in [2.75, 3.05) is 23.7 Å². The van der Waals surface area contributed by atoms with Crippen molar-refractivity contribution >= 4 is 50.1 Å². The molecular formula is C23H22ClN5O5S. The molecule has 3 N–H and O–H groups in total. The van der Waals surface area contributed by atoms with Crippen LogP contribution in [0.2, 0.25) is 5.02 Å². The van der Waals surface area contributed by atoms with E-state index in [2.05, 4.69) is 25.9 Å². The molecule has 0 spiro atoms. The number of carbonyl (C=O) groups is 2. The van der Waals surface area contributed by atoms with E-state index >= 15 is 0 Å². The van der Waals surface area contributed by atoms with Gasteiger partial charge in [0.15, 0.2) is 5.69 Å². The molecular weight excluding hydrogens is 494 g/mol. The lowest BCUT2D eigenvalue weighted by atomic mass is 9.95. The molecule has 182 valence electrons. The standard InChI is InChI=1S/C23H22ClN5O5S/c1-13-4-6-16(20(21(13)35(32)33)34-15-8-10-25-12-15)22(30)28-17-3-2-9-26-19(17)23(31)29-18-7-5-14(24)11-27-18/h2-7,9,11,15,20,25H,8,10,12H2,1H3,(H,28,30)(H,27,29,31)/t15?,20-/m0/s1. The van der Waals surface area contributed by atoms with E-state index in [0.29, 0.717) is 23.6 Å². The van der Waals surface area contributed by atoms with E-state index in [-0.39, 0.29) is 33.7 Å². The maximum absolute atomic E-state index is 13.3. The number of allylic oxidation sites excluding steroid dienone is 2. The molecule has 2 aromatic heterocycles. The molecule has 2 aromatic rings. The summed E-state index contributed by atoms with van der Waals surface area (Å²) >= 11 is 5.83. The fourth-order valence-corrected chi connectivity index (χ4v) is 4.52. The second-order valence-electron chi connectivity index (χ2n) is 7.87. The molecule has 1 saturated heterocycles. The molecule has 1 aliphatic carbocycles. The van der Waals surface area contributed by atoms with Gasteiger partial charge in [-0.15, -0.1) is 0 Å². The van der Waals surface area contributed by atoms with E-state index in [1.807, 2.05) is 0 Å². The molecule has 10 nitrogen and oxygen atoms in total. The highest BCUT2D eigenvalue weighted by Crippen LogP contribution is 2.25. The van der Waals surface area contributed by atoms with Crippen LogP contribution < -0.4 is 16.0 Å². The number of nitrogens with one attached hydrogen (secondary N) is 3. The minimum Gasteiger partial charge on any atom is -0.363 e. The zero-order valence-corrected chi connectivity index (χ0v) is 20.2. The van der Waals surface area contributed by atoms with Gasteiger partial charge in [0.1, 0.15) is 16.8 Å². The minimum absolute atomic E-state index is 0.00233. The summed E-state index contributed by atoms with van der Waals surface area (Å²) in [6.07, 6.45) is 5.26. The zero-order chi connectivity index (χ0) is 24.9. The van der Waals surface area contributed by atoms with E-state index in [9.17, 15) is 18.0 Å². The van der Waals surface area contributed by atoms with E-state index in [4.69, 9.17) is 16.3 Å². The van der Waals surface area contributed by atoms with Crippen molar-refractivity contribution in [2.24, 2.45) is 0 Å². The summed E-state index contributed by atoms with van der Waals surface area (Å²) in [6.45, 7) is 2.94. The second kappa shape index (κ2) is 10.9. The summed E-state index contributed by atoms with van der Waals surface area (Å²) in [5.74, 6) is -0.949. The van der Waals surface area contributed by atoms with Crippen LogP contribution in [-0.2, 0) is 19.8 Å². The van der Waals surface area contributed by atoms with Gasteiger partial charge in [-0.05, 0) is 49.7 Å². The lowest BCUT2D eigenvalue weighted by Crippen LogP contribution is -2.39. The number of rotatable bonds is 6. The van der Waals surface area contributed by atoms with Crippen molar-refractivity contribution in [2.45, 2.75) is 25.6 Å². The van der Waals surface area contributed by atoms with Gasteiger partial charge < -0.3 is 20.7 Å². The van der Waals surface area contributed by atoms with E-state index in [0.717, 1.165) is 6.54 Å². The third-order valence-electron chi connectivity index (χ3n) is 5.45. The van der Waals surface area contributed by atoms with Crippen LogP contribution in [0.3, 0.4) is 0 Å². The Morgan fingerprint density at radius 1 is 1.14 bits per heavy atom. The van der Waals surface area contributed by atoms with E-state index in [1.54, 1.807) is 25.1 Å². The quantitative estimate of drug-likeness (QED) is 0.496.